The van der Waals surface area contributed by atoms with Gasteiger partial charge >= 0.3 is 0 Å². The van der Waals surface area contributed by atoms with Crippen LogP contribution in [0.5, 0.6) is 0 Å². The molecule has 1 aliphatic heterocycles. The fourth-order valence-corrected chi connectivity index (χ4v) is 1.88. The molecule has 0 spiro atoms. The van der Waals surface area contributed by atoms with Crippen LogP contribution in [0.2, 0.25) is 5.02 Å². The van der Waals surface area contributed by atoms with Crippen molar-refractivity contribution in [1.82, 2.24) is 9.88 Å². The van der Waals surface area contributed by atoms with Crippen LogP contribution in [-0.2, 0) is 0 Å². The summed E-state index contributed by atoms with van der Waals surface area (Å²) >= 11 is 5.90. The topological polar surface area (TPSA) is 59.2 Å². The number of carbonyl (C=O) groups is 1. The highest BCUT2D eigenvalue weighted by Crippen LogP contribution is 2.22. The molecule has 1 aromatic heterocycles. The first-order chi connectivity index (χ1) is 7.08. The summed E-state index contributed by atoms with van der Waals surface area (Å²) in [7, 11) is 0. The van der Waals surface area contributed by atoms with E-state index in [1.807, 2.05) is 0 Å². The van der Waals surface area contributed by atoms with E-state index in [-0.39, 0.29) is 11.6 Å². The van der Waals surface area contributed by atoms with E-state index < -0.39 is 0 Å². The third-order valence-corrected chi connectivity index (χ3v) is 2.70. The minimum atomic E-state index is -0.113. The number of amides is 1. The molecule has 1 fully saturated rings. The van der Waals surface area contributed by atoms with E-state index in [0.29, 0.717) is 16.6 Å². The lowest BCUT2D eigenvalue weighted by molar-refractivity contribution is 0.0524. The van der Waals surface area contributed by atoms with Crippen molar-refractivity contribution in [3.8, 4) is 0 Å². The fourth-order valence-electron chi connectivity index (χ4n) is 1.62. The first-order valence-corrected chi connectivity index (χ1v) is 5.16. The van der Waals surface area contributed by atoms with Gasteiger partial charge in [0.05, 0.1) is 16.9 Å². The number of likely N-dealkylation sites (tertiary alicyclic amines) is 1. The Balaban J connectivity index is 2.19. The molecule has 0 aromatic carbocycles. The minimum Gasteiger partial charge on any atom is -0.397 e. The molecule has 2 N–H and O–H groups in total. The summed E-state index contributed by atoms with van der Waals surface area (Å²) in [6.45, 7) is 3.66. The molecule has 1 aromatic rings. The van der Waals surface area contributed by atoms with E-state index in [0.717, 1.165) is 13.1 Å². The van der Waals surface area contributed by atoms with Gasteiger partial charge in [-0.15, -0.1) is 0 Å². The Bertz CT molecular complexity index is 402. The molecule has 1 saturated heterocycles. The van der Waals surface area contributed by atoms with Crippen LogP contribution in [0.4, 0.5) is 5.69 Å². The van der Waals surface area contributed by atoms with Crippen LogP contribution in [0.15, 0.2) is 12.3 Å². The quantitative estimate of drug-likeness (QED) is 0.786. The first-order valence-electron chi connectivity index (χ1n) is 4.78. The maximum atomic E-state index is 11.8. The summed E-state index contributed by atoms with van der Waals surface area (Å²) in [5.74, 6) is 0.458. The number of nitrogens with zero attached hydrogens (tertiary/aromatic N) is 2. The zero-order chi connectivity index (χ0) is 11.0. The van der Waals surface area contributed by atoms with Gasteiger partial charge in [-0.1, -0.05) is 18.5 Å². The van der Waals surface area contributed by atoms with Crippen molar-refractivity contribution in [2.75, 3.05) is 18.8 Å². The molecular formula is C10H12ClN3O. The van der Waals surface area contributed by atoms with Crippen molar-refractivity contribution in [3.63, 3.8) is 0 Å². The molecule has 0 unspecified atom stereocenters. The average molecular weight is 226 g/mol. The number of hydrogen-bond donors (Lipinski definition) is 1. The molecule has 0 radical (unpaired) electrons. The van der Waals surface area contributed by atoms with Gasteiger partial charge in [-0.25, -0.2) is 4.98 Å². The van der Waals surface area contributed by atoms with Crippen LogP contribution < -0.4 is 5.73 Å². The number of carbonyl (C=O) groups excluding carboxylic acids is 1. The summed E-state index contributed by atoms with van der Waals surface area (Å²) in [5.41, 5.74) is 6.26. The predicted molar refractivity (Wildman–Crippen MR) is 58.7 cm³/mol. The third kappa shape index (κ3) is 1.90. The van der Waals surface area contributed by atoms with Crippen molar-refractivity contribution in [2.24, 2.45) is 5.92 Å². The molecule has 0 bridgehead atoms. The molecule has 1 aliphatic rings. The van der Waals surface area contributed by atoms with Crippen molar-refractivity contribution in [1.29, 1.82) is 0 Å². The van der Waals surface area contributed by atoms with Crippen LogP contribution in [0, 0.1) is 5.92 Å². The molecular weight excluding hydrogens is 214 g/mol. The van der Waals surface area contributed by atoms with Crippen LogP contribution in [0.25, 0.3) is 0 Å². The van der Waals surface area contributed by atoms with Gasteiger partial charge in [0.1, 0.15) is 5.69 Å². The second kappa shape index (κ2) is 3.70. The number of halogens is 1. The Morgan fingerprint density at radius 2 is 2.33 bits per heavy atom. The largest absolute Gasteiger partial charge is 0.397 e. The van der Waals surface area contributed by atoms with E-state index in [9.17, 15) is 4.79 Å². The van der Waals surface area contributed by atoms with Crippen molar-refractivity contribution >= 4 is 23.2 Å². The summed E-state index contributed by atoms with van der Waals surface area (Å²) in [6.07, 6.45) is 1.45. The molecule has 4 nitrogen and oxygen atoms in total. The molecule has 80 valence electrons. The lowest BCUT2D eigenvalue weighted by atomic mass is 10.0. The van der Waals surface area contributed by atoms with Gasteiger partial charge < -0.3 is 10.6 Å². The highest BCUT2D eigenvalue weighted by molar-refractivity contribution is 6.33. The van der Waals surface area contributed by atoms with E-state index in [1.165, 1.54) is 6.20 Å². The van der Waals surface area contributed by atoms with E-state index in [4.69, 9.17) is 17.3 Å². The Hall–Kier alpha value is -1.29. The summed E-state index contributed by atoms with van der Waals surface area (Å²) in [4.78, 5) is 17.5. The predicted octanol–water partition coefficient (Wildman–Crippen LogP) is 1.41. The maximum Gasteiger partial charge on any atom is 0.274 e. The van der Waals surface area contributed by atoms with Crippen LogP contribution in [0.3, 0.4) is 0 Å². The number of nitrogen functional groups attached to an aromatic ring is 1. The fraction of sp³-hybridized carbons (Fsp3) is 0.400. The molecule has 0 atom stereocenters. The Kier molecular flexibility index (Phi) is 2.52. The van der Waals surface area contributed by atoms with Gasteiger partial charge in [0.25, 0.3) is 5.91 Å². The summed E-state index contributed by atoms with van der Waals surface area (Å²) < 4.78 is 0. The van der Waals surface area contributed by atoms with Crippen LogP contribution in [-0.4, -0.2) is 28.9 Å². The second-order valence-electron chi connectivity index (χ2n) is 3.91. The number of hydrogen-bond acceptors (Lipinski definition) is 3. The molecule has 1 amide bonds. The third-order valence-electron chi connectivity index (χ3n) is 2.42. The van der Waals surface area contributed by atoms with E-state index in [1.54, 1.807) is 11.0 Å². The average Bonchev–Trinajstić information content (AvgIpc) is 2.12. The monoisotopic (exact) mass is 225 g/mol. The molecule has 15 heavy (non-hydrogen) atoms. The van der Waals surface area contributed by atoms with Crippen molar-refractivity contribution in [3.05, 3.63) is 23.0 Å². The number of aromatic nitrogens is 1. The zero-order valence-electron chi connectivity index (χ0n) is 8.40. The maximum absolute atomic E-state index is 11.8. The Morgan fingerprint density at radius 1 is 1.67 bits per heavy atom. The SMILES string of the molecule is CC1CN(C(=O)c2ncc(N)cc2Cl)C1. The van der Waals surface area contributed by atoms with Gasteiger partial charge in [-0.3, -0.25) is 4.79 Å². The second-order valence-corrected chi connectivity index (χ2v) is 4.32. The van der Waals surface area contributed by atoms with Gasteiger partial charge in [0.2, 0.25) is 0 Å². The van der Waals surface area contributed by atoms with Crippen molar-refractivity contribution in [2.45, 2.75) is 6.92 Å². The van der Waals surface area contributed by atoms with Crippen LogP contribution in [0.1, 0.15) is 17.4 Å². The molecule has 2 rings (SSSR count). The molecule has 0 aliphatic carbocycles. The smallest absolute Gasteiger partial charge is 0.274 e. The zero-order valence-corrected chi connectivity index (χ0v) is 9.16. The lowest BCUT2D eigenvalue weighted by Gasteiger charge is -2.36. The number of anilines is 1. The van der Waals surface area contributed by atoms with Crippen molar-refractivity contribution < 1.29 is 4.79 Å². The van der Waals surface area contributed by atoms with Gasteiger partial charge in [0, 0.05) is 13.1 Å². The Morgan fingerprint density at radius 3 is 2.87 bits per heavy atom. The number of rotatable bonds is 1. The normalized spacial score (nSPS) is 16.3. The van der Waals surface area contributed by atoms with E-state index >= 15 is 0 Å². The Labute approximate surface area is 93.0 Å². The van der Waals surface area contributed by atoms with Crippen LogP contribution >= 0.6 is 11.6 Å². The number of nitrogens with two attached hydrogens (primary N) is 1. The summed E-state index contributed by atoms with van der Waals surface area (Å²) in [6, 6.07) is 1.55. The van der Waals surface area contributed by atoms with Gasteiger partial charge in [0.15, 0.2) is 0 Å². The number of pyridine rings is 1. The van der Waals surface area contributed by atoms with Gasteiger partial charge in [-0.2, -0.15) is 0 Å². The minimum absolute atomic E-state index is 0.113. The van der Waals surface area contributed by atoms with E-state index in [2.05, 4.69) is 11.9 Å². The molecule has 5 heteroatoms. The lowest BCUT2D eigenvalue weighted by Crippen LogP contribution is -2.48. The highest BCUT2D eigenvalue weighted by Gasteiger charge is 2.29. The molecule has 2 heterocycles. The molecule has 0 saturated carbocycles. The summed E-state index contributed by atoms with van der Waals surface area (Å²) in [5, 5.41) is 0.319. The van der Waals surface area contributed by atoms with Gasteiger partial charge in [-0.05, 0) is 12.0 Å². The highest BCUT2D eigenvalue weighted by atomic mass is 35.5. The first kappa shape index (κ1) is 10.2. The standard InChI is InChI=1S/C10H12ClN3O/c1-6-4-14(5-6)10(15)9-8(11)2-7(12)3-13-9/h2-3,6H,4-5,12H2,1H3.